The van der Waals surface area contributed by atoms with E-state index in [9.17, 15) is 14.4 Å². The van der Waals surface area contributed by atoms with Gasteiger partial charge >= 0.3 is 18.2 Å². The van der Waals surface area contributed by atoms with Crippen molar-refractivity contribution in [2.45, 2.75) is 64.6 Å². The fourth-order valence-electron chi connectivity index (χ4n) is 5.58. The number of aromatic nitrogens is 1. The van der Waals surface area contributed by atoms with Crippen LogP contribution in [0.15, 0.2) is 59.1 Å². The van der Waals surface area contributed by atoms with Crippen LogP contribution in [0.3, 0.4) is 0 Å². The molecule has 222 valence electrons. The first kappa shape index (κ1) is 29.2. The molecule has 3 aromatic rings. The normalized spacial score (nSPS) is 16.4. The number of hydrogen-bond acceptors (Lipinski definition) is 8. The lowest BCUT2D eigenvalue weighted by molar-refractivity contribution is 0.00719. The zero-order valence-electron chi connectivity index (χ0n) is 24.5. The van der Waals surface area contributed by atoms with Gasteiger partial charge in [0.15, 0.2) is 11.5 Å². The van der Waals surface area contributed by atoms with E-state index in [4.69, 9.17) is 18.7 Å². The molecule has 42 heavy (non-hydrogen) atoms. The van der Waals surface area contributed by atoms with Crippen LogP contribution in [0.25, 0.3) is 11.1 Å². The highest BCUT2D eigenvalue weighted by Gasteiger charge is 2.36. The van der Waals surface area contributed by atoms with Gasteiger partial charge in [0.1, 0.15) is 12.2 Å². The lowest BCUT2D eigenvalue weighted by Crippen LogP contribution is -2.52. The van der Waals surface area contributed by atoms with E-state index in [2.05, 4.69) is 29.4 Å². The summed E-state index contributed by atoms with van der Waals surface area (Å²) in [5.41, 5.74) is 3.89. The van der Waals surface area contributed by atoms with E-state index in [0.717, 1.165) is 22.3 Å². The second kappa shape index (κ2) is 12.3. The van der Waals surface area contributed by atoms with Crippen molar-refractivity contribution >= 4 is 18.2 Å². The molecule has 0 spiro atoms. The lowest BCUT2D eigenvalue weighted by Gasteiger charge is -2.39. The molecule has 1 aromatic heterocycles. The molecule has 10 nitrogen and oxygen atoms in total. The van der Waals surface area contributed by atoms with Gasteiger partial charge in [0.05, 0.1) is 19.2 Å². The van der Waals surface area contributed by atoms with Gasteiger partial charge in [-0.25, -0.2) is 14.4 Å². The third-order valence-electron chi connectivity index (χ3n) is 7.43. The van der Waals surface area contributed by atoms with Crippen LogP contribution >= 0.6 is 0 Å². The Bertz CT molecular complexity index is 1400. The molecule has 2 aliphatic rings. The van der Waals surface area contributed by atoms with Crippen LogP contribution < -0.4 is 0 Å². The summed E-state index contributed by atoms with van der Waals surface area (Å²) in [5.74, 6) is -0.400. The number of carbonyl (C=O) groups excluding carboxylic acids is 3. The minimum absolute atomic E-state index is 0.00983. The van der Waals surface area contributed by atoms with Crippen molar-refractivity contribution in [3.05, 3.63) is 77.2 Å². The van der Waals surface area contributed by atoms with Crippen LogP contribution in [-0.2, 0) is 20.8 Å². The van der Waals surface area contributed by atoms with Gasteiger partial charge in [-0.05, 0) is 62.8 Å². The maximum Gasteiger partial charge on any atom is 0.410 e. The summed E-state index contributed by atoms with van der Waals surface area (Å²) < 4.78 is 22.0. The van der Waals surface area contributed by atoms with Crippen molar-refractivity contribution in [2.75, 3.05) is 26.3 Å². The van der Waals surface area contributed by atoms with Gasteiger partial charge < -0.3 is 23.6 Å². The predicted molar refractivity (Wildman–Crippen MR) is 154 cm³/mol. The average Bonchev–Trinajstić information content (AvgIpc) is 3.57. The molecule has 1 aliphatic carbocycles. The first-order chi connectivity index (χ1) is 20.1. The van der Waals surface area contributed by atoms with Gasteiger partial charge in [-0.1, -0.05) is 53.7 Å². The number of hydrogen-bond donors (Lipinski definition) is 0. The van der Waals surface area contributed by atoms with E-state index in [-0.39, 0.29) is 44.0 Å². The van der Waals surface area contributed by atoms with E-state index in [0.29, 0.717) is 25.1 Å². The first-order valence-electron chi connectivity index (χ1n) is 14.4. The minimum Gasteiger partial charge on any atom is -0.461 e. The number of fused-ring (bicyclic) bond motifs is 3. The van der Waals surface area contributed by atoms with Crippen LogP contribution in [0, 0.1) is 0 Å². The van der Waals surface area contributed by atoms with Crippen LogP contribution in [0.5, 0.6) is 0 Å². The average molecular weight is 576 g/mol. The van der Waals surface area contributed by atoms with E-state index >= 15 is 0 Å². The Balaban J connectivity index is 1.36. The summed E-state index contributed by atoms with van der Waals surface area (Å²) in [6.45, 7) is 8.33. The molecule has 0 unspecified atom stereocenters. The summed E-state index contributed by atoms with van der Waals surface area (Å²) in [6, 6.07) is 17.4. The number of carbonyl (C=O) groups is 3. The Morgan fingerprint density at radius 3 is 2.33 bits per heavy atom. The molecule has 2 amide bonds. The van der Waals surface area contributed by atoms with E-state index in [1.165, 1.54) is 6.07 Å². The van der Waals surface area contributed by atoms with Gasteiger partial charge in [0.25, 0.3) is 0 Å². The van der Waals surface area contributed by atoms with Gasteiger partial charge in [0.2, 0.25) is 0 Å². The highest BCUT2D eigenvalue weighted by atomic mass is 16.6. The van der Waals surface area contributed by atoms with Gasteiger partial charge in [-0.2, -0.15) is 0 Å². The number of esters is 1. The molecule has 0 radical (unpaired) electrons. The summed E-state index contributed by atoms with van der Waals surface area (Å²) >= 11 is 0. The standard InChI is InChI=1S/C32H37N3O7/c1-5-39-29(36)28-17-22(42-33-28)19-35(21-11-10-16-34(18-21)30(37)41-32(2,3)4)31(38)40-20-27-25-14-8-6-12-23(25)24-13-7-9-15-26(24)27/h6-9,12-15,17,21,27H,5,10-11,16,18-20H2,1-4H3/t21-/m0/s1. The molecule has 0 bridgehead atoms. The molecule has 5 rings (SSSR count). The summed E-state index contributed by atoms with van der Waals surface area (Å²) in [4.78, 5) is 42.0. The van der Waals surface area contributed by atoms with Crippen LogP contribution in [-0.4, -0.2) is 71.1 Å². The SMILES string of the molecule is CCOC(=O)c1cc(CN(C(=O)OCC2c3ccccc3-c3ccccc32)[C@H]2CCCN(C(=O)OC(C)(C)C)C2)on1. The smallest absolute Gasteiger partial charge is 0.410 e. The molecule has 0 saturated carbocycles. The topological polar surface area (TPSA) is 111 Å². The van der Waals surface area contributed by atoms with Gasteiger partial charge in [-0.15, -0.1) is 0 Å². The maximum absolute atomic E-state index is 13.8. The quantitative estimate of drug-likeness (QED) is 0.249. The number of rotatable bonds is 7. The van der Waals surface area contributed by atoms with Crippen LogP contribution in [0.1, 0.15) is 73.8 Å². The van der Waals surface area contributed by atoms with Crippen molar-refractivity contribution in [2.24, 2.45) is 0 Å². The van der Waals surface area contributed by atoms with Gasteiger partial charge in [0, 0.05) is 25.1 Å². The highest BCUT2D eigenvalue weighted by Crippen LogP contribution is 2.44. The Hall–Kier alpha value is -4.34. The van der Waals surface area contributed by atoms with Crippen molar-refractivity contribution in [3.63, 3.8) is 0 Å². The van der Waals surface area contributed by atoms with E-state index in [1.807, 2.05) is 45.0 Å². The van der Waals surface area contributed by atoms with Crippen molar-refractivity contribution in [1.82, 2.24) is 15.0 Å². The Kier molecular flexibility index (Phi) is 8.51. The molecule has 1 aliphatic heterocycles. The summed E-state index contributed by atoms with van der Waals surface area (Å²) in [6.07, 6.45) is 0.370. The molecule has 1 fully saturated rings. The Labute approximate surface area is 245 Å². The van der Waals surface area contributed by atoms with E-state index in [1.54, 1.807) is 16.7 Å². The number of nitrogens with zero attached hydrogens (tertiary/aromatic N) is 3. The monoisotopic (exact) mass is 575 g/mol. The molecule has 2 aromatic carbocycles. The second-order valence-corrected chi connectivity index (χ2v) is 11.6. The fourth-order valence-corrected chi connectivity index (χ4v) is 5.58. The van der Waals surface area contributed by atoms with Crippen LogP contribution in [0.2, 0.25) is 0 Å². The predicted octanol–water partition coefficient (Wildman–Crippen LogP) is 6.00. The molecule has 2 heterocycles. The van der Waals surface area contributed by atoms with Crippen molar-refractivity contribution in [3.8, 4) is 11.1 Å². The van der Waals surface area contributed by atoms with Crippen molar-refractivity contribution in [1.29, 1.82) is 0 Å². The van der Waals surface area contributed by atoms with E-state index < -0.39 is 23.8 Å². The third-order valence-corrected chi connectivity index (χ3v) is 7.43. The number of benzene rings is 2. The molecular weight excluding hydrogens is 538 g/mol. The first-order valence-corrected chi connectivity index (χ1v) is 14.4. The van der Waals surface area contributed by atoms with Crippen molar-refractivity contribution < 1.29 is 33.1 Å². The number of ether oxygens (including phenoxy) is 3. The van der Waals surface area contributed by atoms with Gasteiger partial charge in [-0.3, -0.25) is 4.90 Å². The van der Waals surface area contributed by atoms with Crippen LogP contribution in [0.4, 0.5) is 9.59 Å². The second-order valence-electron chi connectivity index (χ2n) is 11.6. The number of piperidine rings is 1. The molecular formula is C32H37N3O7. The number of amides is 2. The zero-order chi connectivity index (χ0) is 29.9. The molecule has 0 N–H and O–H groups in total. The lowest BCUT2D eigenvalue weighted by atomic mass is 9.98. The minimum atomic E-state index is -0.639. The zero-order valence-corrected chi connectivity index (χ0v) is 24.5. The molecule has 1 atom stereocenters. The summed E-state index contributed by atoms with van der Waals surface area (Å²) in [7, 11) is 0. The maximum atomic E-state index is 13.8. The highest BCUT2D eigenvalue weighted by molar-refractivity contribution is 5.87. The fraction of sp³-hybridized carbons (Fsp3) is 0.438. The number of likely N-dealkylation sites (tertiary alicyclic amines) is 1. The Morgan fingerprint density at radius 1 is 1.02 bits per heavy atom. The molecule has 1 saturated heterocycles. The Morgan fingerprint density at radius 2 is 1.69 bits per heavy atom. The molecule has 10 heteroatoms. The summed E-state index contributed by atoms with van der Waals surface area (Å²) in [5, 5.41) is 3.82. The largest absolute Gasteiger partial charge is 0.461 e. The third kappa shape index (κ3) is 6.42.